The molecule has 1 aliphatic heterocycles. The van der Waals surface area contributed by atoms with E-state index in [4.69, 9.17) is 16.3 Å². The van der Waals surface area contributed by atoms with Crippen LogP contribution in [0.15, 0.2) is 65.6 Å². The van der Waals surface area contributed by atoms with Gasteiger partial charge in [-0.3, -0.25) is 9.69 Å². The molecule has 6 nitrogen and oxygen atoms in total. The molecular formula is C23H25ClN4O2. The van der Waals surface area contributed by atoms with Crippen LogP contribution < -0.4 is 15.2 Å². The number of rotatable bonds is 5. The number of aromatic nitrogens is 2. The fraction of sp³-hybridized carbons (Fsp3) is 0.304. The van der Waals surface area contributed by atoms with Crippen LogP contribution in [0.5, 0.6) is 5.75 Å². The van der Waals surface area contributed by atoms with Crippen molar-refractivity contribution in [3.63, 3.8) is 0 Å². The first-order chi connectivity index (χ1) is 14.6. The molecule has 1 aliphatic rings. The summed E-state index contributed by atoms with van der Waals surface area (Å²) in [5.41, 5.74) is 2.33. The zero-order chi connectivity index (χ0) is 21.1. The van der Waals surface area contributed by atoms with Crippen LogP contribution in [0.1, 0.15) is 18.5 Å². The van der Waals surface area contributed by atoms with E-state index in [0.717, 1.165) is 31.9 Å². The van der Waals surface area contributed by atoms with Gasteiger partial charge in [0.1, 0.15) is 10.8 Å². The lowest BCUT2D eigenvalue weighted by Crippen LogP contribution is -2.47. The first-order valence-electron chi connectivity index (χ1n) is 10.0. The van der Waals surface area contributed by atoms with Gasteiger partial charge in [-0.25, -0.2) is 0 Å². The van der Waals surface area contributed by atoms with E-state index in [-0.39, 0.29) is 16.6 Å². The zero-order valence-electron chi connectivity index (χ0n) is 17.2. The van der Waals surface area contributed by atoms with Gasteiger partial charge in [-0.2, -0.15) is 9.78 Å². The van der Waals surface area contributed by atoms with E-state index in [9.17, 15) is 4.79 Å². The van der Waals surface area contributed by atoms with Crippen LogP contribution in [0.25, 0.3) is 5.69 Å². The van der Waals surface area contributed by atoms with Crippen LogP contribution >= 0.6 is 11.6 Å². The second-order valence-electron chi connectivity index (χ2n) is 7.37. The highest BCUT2D eigenvalue weighted by atomic mass is 35.5. The Hall–Kier alpha value is -2.83. The van der Waals surface area contributed by atoms with Gasteiger partial charge in [-0.1, -0.05) is 41.9 Å². The van der Waals surface area contributed by atoms with Gasteiger partial charge in [0.2, 0.25) is 0 Å². The average molecular weight is 425 g/mol. The molecule has 1 saturated heterocycles. The maximum absolute atomic E-state index is 12.8. The van der Waals surface area contributed by atoms with Crippen molar-refractivity contribution in [3.8, 4) is 11.4 Å². The molecule has 0 amide bonds. The summed E-state index contributed by atoms with van der Waals surface area (Å²) in [4.78, 5) is 17.3. The molecule has 1 fully saturated rings. The van der Waals surface area contributed by atoms with Gasteiger partial charge in [0.15, 0.2) is 0 Å². The maximum Gasteiger partial charge on any atom is 0.292 e. The van der Waals surface area contributed by atoms with Crippen molar-refractivity contribution in [1.82, 2.24) is 14.7 Å². The lowest BCUT2D eigenvalue weighted by Gasteiger charge is -2.39. The molecule has 2 heterocycles. The standard InChI is InChI=1S/C23H25ClN4O2/c1-17(18-7-6-10-20(15-18)30-2)26-11-13-27(14-12-26)21-16-25-28(23(29)22(21)24)19-8-4-3-5-9-19/h3-10,15-17H,11-14H2,1-2H3. The predicted octanol–water partition coefficient (Wildman–Crippen LogP) is 3.78. The topological polar surface area (TPSA) is 50.6 Å². The minimum Gasteiger partial charge on any atom is -0.497 e. The summed E-state index contributed by atoms with van der Waals surface area (Å²) in [6.07, 6.45) is 1.69. The summed E-state index contributed by atoms with van der Waals surface area (Å²) < 4.78 is 6.69. The Labute approximate surface area is 181 Å². The molecule has 1 aromatic heterocycles. The van der Waals surface area contributed by atoms with Gasteiger partial charge in [0.05, 0.1) is 24.7 Å². The minimum absolute atomic E-state index is 0.211. The van der Waals surface area contributed by atoms with Crippen molar-refractivity contribution in [2.45, 2.75) is 13.0 Å². The summed E-state index contributed by atoms with van der Waals surface area (Å²) in [7, 11) is 1.69. The Balaban J connectivity index is 1.48. The molecule has 4 rings (SSSR count). The van der Waals surface area contributed by atoms with Crippen LogP contribution in [-0.2, 0) is 0 Å². The molecular weight excluding hydrogens is 400 g/mol. The average Bonchev–Trinajstić information content (AvgIpc) is 2.81. The number of anilines is 1. The Morgan fingerprint density at radius 3 is 2.47 bits per heavy atom. The SMILES string of the molecule is COc1cccc(C(C)N2CCN(c3cnn(-c4ccccc4)c(=O)c3Cl)CC2)c1. The van der Waals surface area contributed by atoms with E-state index in [1.165, 1.54) is 10.2 Å². The van der Waals surface area contributed by atoms with Crippen LogP contribution in [0, 0.1) is 0 Å². The van der Waals surface area contributed by atoms with Crippen LogP contribution in [0.2, 0.25) is 5.02 Å². The molecule has 0 N–H and O–H groups in total. The highest BCUT2D eigenvalue weighted by Crippen LogP contribution is 2.28. The first kappa shape index (κ1) is 20.4. The summed E-state index contributed by atoms with van der Waals surface area (Å²) in [6.45, 7) is 5.52. The van der Waals surface area contributed by atoms with Crippen molar-refractivity contribution in [3.05, 3.63) is 81.7 Å². The second kappa shape index (κ2) is 8.90. The van der Waals surface area contributed by atoms with Crippen molar-refractivity contribution in [1.29, 1.82) is 0 Å². The van der Waals surface area contributed by atoms with Crippen LogP contribution in [0.3, 0.4) is 0 Å². The van der Waals surface area contributed by atoms with Gasteiger partial charge in [-0.15, -0.1) is 0 Å². The number of benzene rings is 2. The fourth-order valence-electron chi connectivity index (χ4n) is 3.86. The lowest BCUT2D eigenvalue weighted by molar-refractivity contribution is 0.198. The highest BCUT2D eigenvalue weighted by Gasteiger charge is 2.25. The van der Waals surface area contributed by atoms with Crippen molar-refractivity contribution in [2.24, 2.45) is 0 Å². The third-order valence-corrected chi connectivity index (χ3v) is 6.04. The van der Waals surface area contributed by atoms with E-state index in [2.05, 4.69) is 34.0 Å². The van der Waals surface area contributed by atoms with Crippen LogP contribution in [0.4, 0.5) is 5.69 Å². The van der Waals surface area contributed by atoms with Crippen molar-refractivity contribution >= 4 is 17.3 Å². The summed E-state index contributed by atoms with van der Waals surface area (Å²) in [6, 6.07) is 17.8. The maximum atomic E-state index is 12.8. The zero-order valence-corrected chi connectivity index (χ0v) is 17.9. The first-order valence-corrected chi connectivity index (χ1v) is 10.4. The Morgan fingerprint density at radius 2 is 1.77 bits per heavy atom. The Morgan fingerprint density at radius 1 is 1.03 bits per heavy atom. The molecule has 3 aromatic rings. The number of piperazine rings is 1. The summed E-state index contributed by atoms with van der Waals surface area (Å²) in [5, 5.41) is 4.57. The van der Waals surface area contributed by atoms with Gasteiger partial charge in [0, 0.05) is 32.2 Å². The molecule has 0 spiro atoms. The monoisotopic (exact) mass is 424 g/mol. The van der Waals surface area contributed by atoms with Gasteiger partial charge < -0.3 is 9.64 Å². The van der Waals surface area contributed by atoms with E-state index in [1.54, 1.807) is 13.3 Å². The van der Waals surface area contributed by atoms with E-state index in [1.807, 2.05) is 42.5 Å². The highest BCUT2D eigenvalue weighted by molar-refractivity contribution is 6.33. The fourth-order valence-corrected chi connectivity index (χ4v) is 4.11. The molecule has 0 saturated carbocycles. The minimum atomic E-state index is -0.299. The molecule has 0 radical (unpaired) electrons. The molecule has 1 atom stereocenters. The number of ether oxygens (including phenoxy) is 1. The normalized spacial score (nSPS) is 15.8. The number of methoxy groups -OCH3 is 1. The number of halogens is 1. The van der Waals surface area contributed by atoms with Gasteiger partial charge >= 0.3 is 0 Å². The number of hydrogen-bond acceptors (Lipinski definition) is 5. The molecule has 0 aliphatic carbocycles. The van der Waals surface area contributed by atoms with Crippen molar-refractivity contribution in [2.75, 3.05) is 38.2 Å². The van der Waals surface area contributed by atoms with E-state index in [0.29, 0.717) is 11.4 Å². The smallest absolute Gasteiger partial charge is 0.292 e. The third-order valence-electron chi connectivity index (χ3n) is 5.68. The van der Waals surface area contributed by atoms with E-state index < -0.39 is 0 Å². The van der Waals surface area contributed by atoms with Crippen LogP contribution in [-0.4, -0.2) is 48.0 Å². The third kappa shape index (κ3) is 4.06. The lowest BCUT2D eigenvalue weighted by atomic mass is 10.1. The molecule has 30 heavy (non-hydrogen) atoms. The summed E-state index contributed by atoms with van der Waals surface area (Å²) in [5.74, 6) is 0.870. The molecule has 156 valence electrons. The Bertz CT molecular complexity index is 1060. The Kier molecular flexibility index (Phi) is 6.06. The number of nitrogens with zero attached hydrogens (tertiary/aromatic N) is 4. The van der Waals surface area contributed by atoms with Crippen molar-refractivity contribution < 1.29 is 4.74 Å². The summed E-state index contributed by atoms with van der Waals surface area (Å²) >= 11 is 6.47. The molecule has 2 aromatic carbocycles. The molecule has 0 bridgehead atoms. The quantitative estimate of drug-likeness (QED) is 0.624. The number of hydrogen-bond donors (Lipinski definition) is 0. The molecule has 7 heteroatoms. The van der Waals surface area contributed by atoms with Gasteiger partial charge in [-0.05, 0) is 36.8 Å². The predicted molar refractivity (Wildman–Crippen MR) is 120 cm³/mol. The number of para-hydroxylation sites is 1. The molecule has 1 unspecified atom stereocenters. The largest absolute Gasteiger partial charge is 0.497 e. The second-order valence-corrected chi connectivity index (χ2v) is 7.75. The van der Waals surface area contributed by atoms with E-state index >= 15 is 0 Å². The van der Waals surface area contributed by atoms with Gasteiger partial charge in [0.25, 0.3) is 5.56 Å².